The number of nitrogens with two attached hydrogens (primary N) is 1. The number of nitrogens with zero attached hydrogens (tertiary/aromatic N) is 1. The summed E-state index contributed by atoms with van der Waals surface area (Å²) in [5.74, 6) is -0.987. The molecule has 0 unspecified atom stereocenters. The largest absolute Gasteiger partial charge is 0.453 e. The minimum absolute atomic E-state index is 0.0459. The lowest BCUT2D eigenvalue weighted by molar-refractivity contribution is -0.300. The van der Waals surface area contributed by atoms with Crippen LogP contribution in [0, 0.1) is 0 Å². The Morgan fingerprint density at radius 2 is 1.67 bits per heavy atom. The predicted octanol–water partition coefficient (Wildman–Crippen LogP) is 3.19. The SMILES string of the molecule is Nc1cc(Cl)cnc1OC(C(F)(F)F)C(F)(F)F. The van der Waals surface area contributed by atoms with Gasteiger partial charge in [0.15, 0.2) is 0 Å². The van der Waals surface area contributed by atoms with Crippen molar-refractivity contribution in [2.75, 3.05) is 5.73 Å². The third-order valence-electron chi connectivity index (χ3n) is 1.67. The molecule has 1 aromatic heterocycles. The molecule has 0 aromatic carbocycles. The van der Waals surface area contributed by atoms with E-state index in [2.05, 4.69) is 9.72 Å². The molecule has 10 heteroatoms. The Labute approximate surface area is 101 Å². The molecule has 3 nitrogen and oxygen atoms in total. The van der Waals surface area contributed by atoms with Gasteiger partial charge in [0.2, 0.25) is 5.88 Å². The number of halogens is 7. The molecule has 0 atom stereocenters. The molecule has 0 aliphatic carbocycles. The number of aromatic nitrogens is 1. The van der Waals surface area contributed by atoms with Gasteiger partial charge < -0.3 is 10.5 Å². The molecule has 0 saturated heterocycles. The molecule has 1 rings (SSSR count). The van der Waals surface area contributed by atoms with Gasteiger partial charge in [0.1, 0.15) is 0 Å². The second kappa shape index (κ2) is 4.71. The van der Waals surface area contributed by atoms with E-state index in [1.54, 1.807) is 0 Å². The highest BCUT2D eigenvalue weighted by Crippen LogP contribution is 2.37. The fraction of sp³-hybridized carbons (Fsp3) is 0.375. The number of ether oxygens (including phenoxy) is 1. The molecule has 0 radical (unpaired) electrons. The first-order chi connectivity index (χ1) is 8.01. The number of hydrogen-bond acceptors (Lipinski definition) is 3. The standard InChI is InChI=1S/C8H5ClF6N2O/c9-3-1-4(16)5(17-2-3)18-6(7(10,11)12)8(13,14)15/h1-2,6H,16H2. The maximum Gasteiger partial charge on any atom is 0.434 e. The van der Waals surface area contributed by atoms with Crippen LogP contribution < -0.4 is 10.5 Å². The maximum atomic E-state index is 12.2. The molecule has 1 aromatic rings. The highest BCUT2D eigenvalue weighted by Gasteiger charge is 2.59. The highest BCUT2D eigenvalue weighted by atomic mass is 35.5. The van der Waals surface area contributed by atoms with Crippen molar-refractivity contribution in [1.29, 1.82) is 0 Å². The third-order valence-corrected chi connectivity index (χ3v) is 1.88. The normalized spacial score (nSPS) is 12.9. The van der Waals surface area contributed by atoms with Crippen molar-refractivity contribution in [3.05, 3.63) is 17.3 Å². The molecule has 1 heterocycles. The molecule has 18 heavy (non-hydrogen) atoms. The number of pyridine rings is 1. The minimum atomic E-state index is -5.63. The van der Waals surface area contributed by atoms with Crippen LogP contribution in [0.3, 0.4) is 0 Å². The van der Waals surface area contributed by atoms with E-state index < -0.39 is 30.0 Å². The monoisotopic (exact) mass is 294 g/mol. The van der Waals surface area contributed by atoms with Gasteiger partial charge >= 0.3 is 12.4 Å². The molecule has 0 bridgehead atoms. The zero-order valence-electron chi connectivity index (χ0n) is 8.31. The van der Waals surface area contributed by atoms with Crippen molar-refractivity contribution in [3.8, 4) is 5.88 Å². The van der Waals surface area contributed by atoms with Gasteiger partial charge in [-0.05, 0) is 6.07 Å². The van der Waals surface area contributed by atoms with Gasteiger partial charge in [-0.1, -0.05) is 11.6 Å². The Hall–Kier alpha value is -1.38. The molecule has 0 spiro atoms. The summed E-state index contributed by atoms with van der Waals surface area (Å²) >= 11 is 5.39. The quantitative estimate of drug-likeness (QED) is 0.852. The van der Waals surface area contributed by atoms with Crippen molar-refractivity contribution >= 4 is 17.3 Å². The van der Waals surface area contributed by atoms with E-state index in [1.807, 2.05) is 0 Å². The average molecular weight is 295 g/mol. The van der Waals surface area contributed by atoms with Crippen LogP contribution in [0.4, 0.5) is 32.0 Å². The van der Waals surface area contributed by atoms with Gasteiger partial charge in [-0.25, -0.2) is 4.98 Å². The molecule has 0 fully saturated rings. The lowest BCUT2D eigenvalue weighted by Crippen LogP contribution is -2.46. The smallest absolute Gasteiger partial charge is 0.434 e. The molecular formula is C8H5ClF6N2O. The van der Waals surface area contributed by atoms with Crippen LogP contribution in [0.25, 0.3) is 0 Å². The fourth-order valence-corrected chi connectivity index (χ4v) is 1.14. The third kappa shape index (κ3) is 3.56. The Bertz CT molecular complexity index is 419. The molecule has 2 N–H and O–H groups in total. The van der Waals surface area contributed by atoms with Crippen LogP contribution in [-0.2, 0) is 0 Å². The van der Waals surface area contributed by atoms with Gasteiger partial charge in [0, 0.05) is 6.20 Å². The topological polar surface area (TPSA) is 48.1 Å². The van der Waals surface area contributed by atoms with E-state index in [9.17, 15) is 26.3 Å². The van der Waals surface area contributed by atoms with Gasteiger partial charge in [-0.2, -0.15) is 26.3 Å². The lowest BCUT2D eigenvalue weighted by Gasteiger charge is -2.23. The van der Waals surface area contributed by atoms with Gasteiger partial charge in [-0.15, -0.1) is 0 Å². The Kier molecular flexibility index (Phi) is 3.84. The molecule has 102 valence electrons. The number of anilines is 1. The van der Waals surface area contributed by atoms with E-state index in [4.69, 9.17) is 17.3 Å². The van der Waals surface area contributed by atoms with E-state index in [0.29, 0.717) is 0 Å². The number of rotatable bonds is 2. The van der Waals surface area contributed by atoms with Crippen molar-refractivity contribution in [1.82, 2.24) is 4.98 Å². The number of alkyl halides is 6. The molecule has 0 aliphatic rings. The first kappa shape index (κ1) is 14.7. The summed E-state index contributed by atoms with van der Waals surface area (Å²) in [6.07, 6.45) is -14.4. The van der Waals surface area contributed by atoms with Crippen LogP contribution >= 0.6 is 11.6 Å². The van der Waals surface area contributed by atoms with E-state index in [1.165, 1.54) is 0 Å². The van der Waals surface area contributed by atoms with E-state index >= 15 is 0 Å². The van der Waals surface area contributed by atoms with Crippen molar-refractivity contribution in [2.45, 2.75) is 18.5 Å². The van der Waals surface area contributed by atoms with E-state index in [-0.39, 0.29) is 5.02 Å². The highest BCUT2D eigenvalue weighted by molar-refractivity contribution is 6.30. The zero-order chi connectivity index (χ0) is 14.1. The summed E-state index contributed by atoms with van der Waals surface area (Å²) in [7, 11) is 0. The first-order valence-corrected chi connectivity index (χ1v) is 4.60. The summed E-state index contributed by atoms with van der Waals surface area (Å²) in [4.78, 5) is 3.17. The molecule has 0 saturated carbocycles. The van der Waals surface area contributed by atoms with Crippen molar-refractivity contribution in [2.24, 2.45) is 0 Å². The second-order valence-electron chi connectivity index (χ2n) is 3.13. The summed E-state index contributed by atoms with van der Waals surface area (Å²) in [6, 6.07) is 0.924. The van der Waals surface area contributed by atoms with Crippen LogP contribution in [0.1, 0.15) is 0 Å². The van der Waals surface area contributed by atoms with Crippen molar-refractivity contribution < 1.29 is 31.1 Å². The van der Waals surface area contributed by atoms with Crippen molar-refractivity contribution in [3.63, 3.8) is 0 Å². The van der Waals surface area contributed by atoms with Crippen LogP contribution in [0.15, 0.2) is 12.3 Å². The summed E-state index contributed by atoms with van der Waals surface area (Å²) in [6.45, 7) is 0. The minimum Gasteiger partial charge on any atom is -0.453 e. The van der Waals surface area contributed by atoms with Crippen LogP contribution in [0.2, 0.25) is 5.02 Å². The fourth-order valence-electron chi connectivity index (χ4n) is 0.972. The molecule has 0 amide bonds. The van der Waals surface area contributed by atoms with Gasteiger partial charge in [-0.3, -0.25) is 0 Å². The maximum absolute atomic E-state index is 12.2. The zero-order valence-corrected chi connectivity index (χ0v) is 9.07. The average Bonchev–Trinajstić information content (AvgIpc) is 2.12. The molecule has 0 aliphatic heterocycles. The summed E-state index contributed by atoms with van der Waals surface area (Å²) in [5.41, 5.74) is 4.62. The Morgan fingerprint density at radius 3 is 2.06 bits per heavy atom. The van der Waals surface area contributed by atoms with E-state index in [0.717, 1.165) is 12.3 Å². The summed E-state index contributed by atoms with van der Waals surface area (Å²) in [5, 5.41) is -0.0459. The van der Waals surface area contributed by atoms with Crippen LogP contribution in [0.5, 0.6) is 5.88 Å². The molecular weight excluding hydrogens is 290 g/mol. The van der Waals surface area contributed by atoms with Gasteiger partial charge in [0.25, 0.3) is 6.10 Å². The predicted molar refractivity (Wildman–Crippen MR) is 50.2 cm³/mol. The number of nitrogen functional groups attached to an aromatic ring is 1. The number of hydrogen-bond donors (Lipinski definition) is 1. The lowest BCUT2D eigenvalue weighted by atomic mass is 10.3. The first-order valence-electron chi connectivity index (χ1n) is 4.23. The second-order valence-corrected chi connectivity index (χ2v) is 3.57. The Morgan fingerprint density at radius 1 is 1.17 bits per heavy atom. The van der Waals surface area contributed by atoms with Gasteiger partial charge in [0.05, 0.1) is 10.7 Å². The Balaban J connectivity index is 3.05. The summed E-state index contributed by atoms with van der Waals surface area (Å²) < 4.78 is 76.8. The van der Waals surface area contributed by atoms with Crippen LogP contribution in [-0.4, -0.2) is 23.4 Å².